The highest BCUT2D eigenvalue weighted by Gasteiger charge is 2.23. The number of aromatic carboxylic acids is 2. The van der Waals surface area contributed by atoms with Gasteiger partial charge in [-0.1, -0.05) is 0 Å². The molecule has 64 heavy (non-hydrogen) atoms. The molecule has 0 aliphatic heterocycles. The quantitative estimate of drug-likeness (QED) is 0.0960. The van der Waals surface area contributed by atoms with Crippen LogP contribution in [0.1, 0.15) is 111 Å². The number of benzene rings is 1. The molecule has 5 aromatic rings. The minimum atomic E-state index is -1.40. The van der Waals surface area contributed by atoms with Crippen LogP contribution < -0.4 is 0 Å². The first-order valence-electron chi connectivity index (χ1n) is 18.1. The van der Waals surface area contributed by atoms with Crippen molar-refractivity contribution in [1.82, 2.24) is 19.9 Å². The zero-order chi connectivity index (χ0) is 49.3. The molecule has 2 N–H and O–H groups in total. The van der Waals surface area contributed by atoms with Gasteiger partial charge in [0.15, 0.2) is 46.0 Å². The van der Waals surface area contributed by atoms with Gasteiger partial charge in [-0.2, -0.15) is 0 Å². The fourth-order valence-corrected chi connectivity index (χ4v) is 4.04. The lowest BCUT2D eigenvalue weighted by Crippen LogP contribution is -2.25. The molecule has 0 saturated carbocycles. The second-order valence-corrected chi connectivity index (χ2v) is 14.7. The molecule has 4 aromatic heterocycles. The summed E-state index contributed by atoms with van der Waals surface area (Å²) in [5, 5.41) is 16.6. The molecule has 0 aliphatic rings. The Morgan fingerprint density at radius 1 is 0.469 bits per heavy atom. The van der Waals surface area contributed by atoms with Crippen LogP contribution in [0, 0.1) is 61.5 Å². The van der Waals surface area contributed by atoms with E-state index in [9.17, 15) is 54.7 Å². The van der Waals surface area contributed by atoms with Crippen molar-refractivity contribution >= 4 is 29.8 Å². The Hall–Kier alpha value is -7.32. The number of esters is 3. The van der Waals surface area contributed by atoms with Gasteiger partial charge in [-0.15, -0.1) is 0 Å². The summed E-state index contributed by atoms with van der Waals surface area (Å²) in [4.78, 5) is 68.1. The highest BCUT2D eigenvalue weighted by molar-refractivity contribution is 5.89. The number of carbonyl (C=O) groups excluding carboxylic acids is 3. The lowest BCUT2D eigenvalue weighted by molar-refractivity contribution is 0.00446. The van der Waals surface area contributed by atoms with Crippen LogP contribution in [-0.4, -0.2) is 78.3 Å². The van der Waals surface area contributed by atoms with Crippen molar-refractivity contribution in [3.63, 3.8) is 0 Å². The highest BCUT2D eigenvalue weighted by Crippen LogP contribution is 2.15. The van der Waals surface area contributed by atoms with Crippen molar-refractivity contribution in [2.45, 2.75) is 73.5 Å². The predicted octanol–water partition coefficient (Wildman–Crippen LogP) is 9.01. The van der Waals surface area contributed by atoms with Gasteiger partial charge in [-0.25, -0.2) is 74.6 Å². The molecule has 21 heteroatoms. The number of pyridine rings is 4. The van der Waals surface area contributed by atoms with Gasteiger partial charge in [-0.3, -0.25) is 0 Å². The fraction of sp³-hybridized carbons (Fsp3) is 0.279. The summed E-state index contributed by atoms with van der Waals surface area (Å²) < 4.78 is 103. The number of ether oxygens (including phenoxy) is 3. The Labute approximate surface area is 362 Å². The minimum absolute atomic E-state index is 0.268. The number of nitrogens with zero attached hydrogens (tertiary/aromatic N) is 4. The maximum absolute atomic E-state index is 13.3. The van der Waals surface area contributed by atoms with Crippen molar-refractivity contribution in [2.75, 3.05) is 7.11 Å². The summed E-state index contributed by atoms with van der Waals surface area (Å²) in [6.07, 6.45) is 4.92. The molecule has 0 amide bonds. The maximum Gasteiger partial charge on any atom is 0.360 e. The zero-order valence-electron chi connectivity index (χ0n) is 35.9. The third-order valence-corrected chi connectivity index (χ3v) is 6.67. The Balaban J connectivity index is 0.000000403. The Bertz CT molecular complexity index is 2320. The molecule has 0 atom stereocenters. The van der Waals surface area contributed by atoms with Crippen molar-refractivity contribution < 1.29 is 79.1 Å². The lowest BCUT2D eigenvalue weighted by Gasteiger charge is -2.19. The van der Waals surface area contributed by atoms with E-state index in [1.165, 1.54) is 37.8 Å². The Kier molecular flexibility index (Phi) is 20.8. The largest absolute Gasteiger partial charge is 0.478 e. The maximum atomic E-state index is 13.3. The Morgan fingerprint density at radius 2 is 0.812 bits per heavy atom. The third-order valence-electron chi connectivity index (χ3n) is 6.67. The summed E-state index contributed by atoms with van der Waals surface area (Å²) in [6, 6.07) is 6.52. The summed E-state index contributed by atoms with van der Waals surface area (Å²) in [7, 11) is 1.18. The van der Waals surface area contributed by atoms with E-state index in [-0.39, 0.29) is 11.4 Å². The molecule has 0 spiro atoms. The van der Waals surface area contributed by atoms with E-state index in [1.54, 1.807) is 62.3 Å². The van der Waals surface area contributed by atoms with Gasteiger partial charge < -0.3 is 24.4 Å². The molecule has 344 valence electrons. The topological polar surface area (TPSA) is 205 Å². The first kappa shape index (κ1) is 54.7. The summed E-state index contributed by atoms with van der Waals surface area (Å²) in [6.45, 7) is 15.1. The van der Waals surface area contributed by atoms with Crippen LogP contribution in [0.25, 0.3) is 0 Å². The number of aromatic nitrogens is 4. The number of rotatable bonds is 5. The van der Waals surface area contributed by atoms with Gasteiger partial charge in [0.05, 0.1) is 18.9 Å². The summed E-state index contributed by atoms with van der Waals surface area (Å²) in [5.41, 5.74) is -1.55. The van der Waals surface area contributed by atoms with Crippen LogP contribution in [0.15, 0.2) is 67.3 Å². The van der Waals surface area contributed by atoms with Crippen LogP contribution in [0.3, 0.4) is 0 Å². The third kappa shape index (κ3) is 19.6. The molecule has 0 saturated heterocycles. The van der Waals surface area contributed by atoms with E-state index >= 15 is 0 Å². The smallest absolute Gasteiger partial charge is 0.360 e. The van der Waals surface area contributed by atoms with Crippen LogP contribution in [0.2, 0.25) is 0 Å². The van der Waals surface area contributed by atoms with Gasteiger partial charge in [0.2, 0.25) is 0 Å². The SMILES string of the molecule is CC(C)(C)OC(=O)c1ncc(F)cc1F.COC(=O)c1ncc(C)cc1F.Cc1cnc(C(=O)O)c(F)c1.Cc1cnc(C(=O)OC(C)(C)C)c(F)c1.O=C(O)c1ccc(F)cc1F. The fourth-order valence-electron chi connectivity index (χ4n) is 4.04. The molecule has 5 rings (SSSR count). The number of hydrogen-bond donors (Lipinski definition) is 2. The van der Waals surface area contributed by atoms with Crippen LogP contribution in [0.5, 0.6) is 0 Å². The average Bonchev–Trinajstić information content (AvgIpc) is 3.14. The molecule has 0 fully saturated rings. The minimum Gasteiger partial charge on any atom is -0.478 e. The van der Waals surface area contributed by atoms with Gasteiger partial charge in [0.1, 0.15) is 28.7 Å². The average molecular weight is 909 g/mol. The van der Waals surface area contributed by atoms with E-state index in [2.05, 4.69) is 24.7 Å². The molecule has 14 nitrogen and oxygen atoms in total. The summed E-state index contributed by atoms with van der Waals surface area (Å²) >= 11 is 0. The summed E-state index contributed by atoms with van der Waals surface area (Å²) in [5.74, 6) is -10.9. The van der Waals surface area contributed by atoms with E-state index < -0.39 is 98.7 Å². The van der Waals surface area contributed by atoms with Crippen LogP contribution >= 0.6 is 0 Å². The van der Waals surface area contributed by atoms with Crippen LogP contribution in [-0.2, 0) is 14.2 Å². The van der Waals surface area contributed by atoms with E-state index in [0.717, 1.165) is 24.4 Å². The van der Waals surface area contributed by atoms with E-state index in [0.29, 0.717) is 28.8 Å². The van der Waals surface area contributed by atoms with Gasteiger partial charge in [-0.05, 0) is 109 Å². The molecule has 0 bridgehead atoms. The number of methoxy groups -OCH3 is 1. The molecule has 4 heterocycles. The predicted molar refractivity (Wildman–Crippen MR) is 213 cm³/mol. The highest BCUT2D eigenvalue weighted by atomic mass is 19.2. The number of aryl methyl sites for hydroxylation is 3. The van der Waals surface area contributed by atoms with E-state index in [1.807, 2.05) is 0 Å². The first-order valence-corrected chi connectivity index (χ1v) is 18.1. The zero-order valence-corrected chi connectivity index (χ0v) is 35.9. The molecular formula is C43H43F7N4O10. The number of carboxylic acids is 2. The molecule has 0 aliphatic carbocycles. The number of carbonyl (C=O) groups is 5. The van der Waals surface area contributed by atoms with Gasteiger partial charge in [0.25, 0.3) is 0 Å². The van der Waals surface area contributed by atoms with Crippen molar-refractivity contribution in [3.05, 3.63) is 153 Å². The second-order valence-electron chi connectivity index (χ2n) is 14.7. The number of hydrogen-bond acceptors (Lipinski definition) is 12. The van der Waals surface area contributed by atoms with Gasteiger partial charge in [0, 0.05) is 30.7 Å². The van der Waals surface area contributed by atoms with Crippen molar-refractivity contribution in [2.24, 2.45) is 0 Å². The Morgan fingerprint density at radius 3 is 1.12 bits per heavy atom. The molecule has 0 unspecified atom stereocenters. The molecular weight excluding hydrogens is 865 g/mol. The standard InChI is InChI=1S/C11H14FNO2.C10H11F2NO2.C8H8FNO2.C7H4F2O2.C7H6FNO2/c1-7-5-8(12)9(13-6-7)10(14)15-11(2,3)4;1-10(2,3)15-9(14)8-7(12)4-6(11)5-13-8;1-5-3-6(9)7(10-4-5)8(11)12-2;8-4-1-2-5(7(10)11)6(9)3-4;1-4-2-5(8)6(7(10)11)9-3-4/h5-6H,1-4H3;4-5H,1-3H3;3-4H,1-2H3;1-3H,(H,10,11);2-3H,1H3,(H,10,11). The molecule has 1 aromatic carbocycles. The molecule has 0 radical (unpaired) electrons. The number of carboxylic acid groups (broad SMARTS) is 2. The van der Waals surface area contributed by atoms with Crippen molar-refractivity contribution in [3.8, 4) is 0 Å². The van der Waals surface area contributed by atoms with Gasteiger partial charge >= 0.3 is 29.8 Å². The first-order chi connectivity index (χ1) is 29.5. The van der Waals surface area contributed by atoms with Crippen LogP contribution in [0.4, 0.5) is 30.7 Å². The second kappa shape index (κ2) is 24.4. The van der Waals surface area contributed by atoms with E-state index in [4.69, 9.17) is 19.7 Å². The monoisotopic (exact) mass is 908 g/mol. The van der Waals surface area contributed by atoms with Crippen molar-refractivity contribution in [1.29, 1.82) is 0 Å². The number of halogens is 7. The lowest BCUT2D eigenvalue weighted by atomic mass is 10.2. The normalized spacial score (nSPS) is 10.4.